The molecule has 2 saturated heterocycles. The number of amides is 1. The molecule has 0 radical (unpaired) electrons. The molecule has 0 aromatic heterocycles. The first kappa shape index (κ1) is 11.5. The van der Waals surface area contributed by atoms with E-state index in [4.69, 9.17) is 0 Å². The van der Waals surface area contributed by atoms with Crippen LogP contribution in [-0.4, -0.2) is 61.0 Å². The monoisotopic (exact) mass is 237 g/mol. The summed E-state index contributed by atoms with van der Waals surface area (Å²) in [6, 6.07) is 0.605. The Morgan fingerprint density at radius 3 is 2.65 bits per heavy atom. The lowest BCUT2D eigenvalue weighted by Gasteiger charge is -2.37. The molecule has 1 aliphatic carbocycles. The maximum atomic E-state index is 11.8. The standard InChI is InChI=1S/C13H23N3O/c17-13-4-1-11(10-16(13)12-2-3-12)9-15-7-5-14-6-8-15/h11-12,14H,1-10H2. The molecule has 1 N–H and O–H groups in total. The van der Waals surface area contributed by atoms with Crippen LogP contribution >= 0.6 is 0 Å². The van der Waals surface area contributed by atoms with E-state index < -0.39 is 0 Å². The third kappa shape index (κ3) is 2.80. The number of nitrogens with zero attached hydrogens (tertiary/aromatic N) is 2. The van der Waals surface area contributed by atoms with Crippen LogP contribution in [0, 0.1) is 5.92 Å². The van der Waals surface area contributed by atoms with Gasteiger partial charge in [0.25, 0.3) is 0 Å². The molecule has 0 aromatic carbocycles. The minimum Gasteiger partial charge on any atom is -0.339 e. The highest BCUT2D eigenvalue weighted by molar-refractivity contribution is 5.77. The first-order chi connectivity index (χ1) is 8.33. The summed E-state index contributed by atoms with van der Waals surface area (Å²) in [6.45, 7) is 6.81. The van der Waals surface area contributed by atoms with Gasteiger partial charge in [-0.05, 0) is 25.2 Å². The number of likely N-dealkylation sites (tertiary alicyclic amines) is 1. The summed E-state index contributed by atoms with van der Waals surface area (Å²) in [7, 11) is 0. The fourth-order valence-corrected chi connectivity index (χ4v) is 3.09. The van der Waals surface area contributed by atoms with Crippen molar-refractivity contribution in [3.05, 3.63) is 0 Å². The van der Waals surface area contributed by atoms with Gasteiger partial charge in [0.15, 0.2) is 0 Å². The molecule has 0 bridgehead atoms. The summed E-state index contributed by atoms with van der Waals surface area (Å²) in [5.74, 6) is 1.12. The van der Waals surface area contributed by atoms with Crippen LogP contribution in [0.15, 0.2) is 0 Å². The zero-order valence-electron chi connectivity index (χ0n) is 10.5. The fourth-order valence-electron chi connectivity index (χ4n) is 3.09. The highest BCUT2D eigenvalue weighted by Gasteiger charge is 2.36. The summed E-state index contributed by atoms with van der Waals surface area (Å²) in [5.41, 5.74) is 0. The third-order valence-electron chi connectivity index (χ3n) is 4.26. The Labute approximate surface area is 103 Å². The molecule has 2 heterocycles. The van der Waals surface area contributed by atoms with Crippen molar-refractivity contribution >= 4 is 5.91 Å². The first-order valence-electron chi connectivity index (χ1n) is 7.05. The predicted octanol–water partition coefficient (Wildman–Crippen LogP) is 0.293. The van der Waals surface area contributed by atoms with Gasteiger partial charge in [0.1, 0.15) is 0 Å². The van der Waals surface area contributed by atoms with Gasteiger partial charge in [0, 0.05) is 51.7 Å². The van der Waals surface area contributed by atoms with E-state index in [0.717, 1.165) is 32.5 Å². The quantitative estimate of drug-likeness (QED) is 0.766. The van der Waals surface area contributed by atoms with Crippen molar-refractivity contribution in [3.8, 4) is 0 Å². The third-order valence-corrected chi connectivity index (χ3v) is 4.26. The Morgan fingerprint density at radius 2 is 1.94 bits per heavy atom. The van der Waals surface area contributed by atoms with Crippen molar-refractivity contribution < 1.29 is 4.79 Å². The molecular formula is C13H23N3O. The lowest BCUT2D eigenvalue weighted by molar-refractivity contribution is -0.135. The molecule has 0 aromatic rings. The summed E-state index contributed by atoms with van der Waals surface area (Å²) < 4.78 is 0. The van der Waals surface area contributed by atoms with Gasteiger partial charge < -0.3 is 15.1 Å². The lowest BCUT2D eigenvalue weighted by Crippen LogP contribution is -2.49. The van der Waals surface area contributed by atoms with Gasteiger partial charge in [-0.2, -0.15) is 0 Å². The SMILES string of the molecule is O=C1CCC(CN2CCNCC2)CN1C1CC1. The molecule has 3 rings (SSSR count). The smallest absolute Gasteiger partial charge is 0.222 e. The Morgan fingerprint density at radius 1 is 1.18 bits per heavy atom. The van der Waals surface area contributed by atoms with Crippen LogP contribution in [0.4, 0.5) is 0 Å². The maximum Gasteiger partial charge on any atom is 0.222 e. The number of carbonyl (C=O) groups excluding carboxylic acids is 1. The molecule has 0 spiro atoms. The van der Waals surface area contributed by atoms with E-state index in [-0.39, 0.29) is 0 Å². The van der Waals surface area contributed by atoms with Crippen LogP contribution in [0.3, 0.4) is 0 Å². The van der Waals surface area contributed by atoms with E-state index in [0.29, 0.717) is 17.9 Å². The average Bonchev–Trinajstić information content (AvgIpc) is 3.17. The number of piperidine rings is 1. The molecule has 96 valence electrons. The van der Waals surface area contributed by atoms with Crippen molar-refractivity contribution in [1.82, 2.24) is 15.1 Å². The molecule has 1 atom stereocenters. The van der Waals surface area contributed by atoms with Crippen molar-refractivity contribution in [2.24, 2.45) is 5.92 Å². The topological polar surface area (TPSA) is 35.6 Å². The number of carbonyl (C=O) groups is 1. The van der Waals surface area contributed by atoms with Crippen molar-refractivity contribution in [2.45, 2.75) is 31.7 Å². The van der Waals surface area contributed by atoms with Crippen molar-refractivity contribution in [3.63, 3.8) is 0 Å². The summed E-state index contributed by atoms with van der Waals surface area (Å²) in [6.07, 6.45) is 4.37. The molecule has 3 fully saturated rings. The van der Waals surface area contributed by atoms with Gasteiger partial charge in [-0.1, -0.05) is 0 Å². The largest absolute Gasteiger partial charge is 0.339 e. The molecule has 17 heavy (non-hydrogen) atoms. The Balaban J connectivity index is 1.51. The van der Waals surface area contributed by atoms with Gasteiger partial charge in [0.05, 0.1) is 0 Å². The Bertz CT molecular complexity index is 284. The second-order valence-electron chi connectivity index (χ2n) is 5.73. The van der Waals surface area contributed by atoms with Crippen LogP contribution in [0.2, 0.25) is 0 Å². The van der Waals surface area contributed by atoms with Gasteiger partial charge in [-0.15, -0.1) is 0 Å². The van der Waals surface area contributed by atoms with Crippen LogP contribution in [-0.2, 0) is 4.79 Å². The maximum absolute atomic E-state index is 11.8. The molecular weight excluding hydrogens is 214 g/mol. The van der Waals surface area contributed by atoms with Crippen LogP contribution in [0.1, 0.15) is 25.7 Å². The van der Waals surface area contributed by atoms with E-state index >= 15 is 0 Å². The molecule has 3 aliphatic rings. The van der Waals surface area contributed by atoms with Gasteiger partial charge in [-0.3, -0.25) is 4.79 Å². The molecule has 1 saturated carbocycles. The zero-order chi connectivity index (χ0) is 11.7. The molecule has 2 aliphatic heterocycles. The Kier molecular flexibility index (Phi) is 3.34. The summed E-state index contributed by atoms with van der Waals surface area (Å²) in [4.78, 5) is 16.5. The van der Waals surface area contributed by atoms with E-state index in [9.17, 15) is 4.79 Å². The van der Waals surface area contributed by atoms with E-state index in [1.165, 1.54) is 32.5 Å². The zero-order valence-corrected chi connectivity index (χ0v) is 10.5. The number of hydrogen-bond acceptors (Lipinski definition) is 3. The number of rotatable bonds is 3. The number of piperazine rings is 1. The van der Waals surface area contributed by atoms with Crippen LogP contribution < -0.4 is 5.32 Å². The highest BCUT2D eigenvalue weighted by atomic mass is 16.2. The average molecular weight is 237 g/mol. The van der Waals surface area contributed by atoms with E-state index in [1.54, 1.807) is 0 Å². The highest BCUT2D eigenvalue weighted by Crippen LogP contribution is 2.31. The van der Waals surface area contributed by atoms with Gasteiger partial charge in [-0.25, -0.2) is 0 Å². The fraction of sp³-hybridized carbons (Fsp3) is 0.923. The van der Waals surface area contributed by atoms with Crippen LogP contribution in [0.5, 0.6) is 0 Å². The van der Waals surface area contributed by atoms with Crippen molar-refractivity contribution in [2.75, 3.05) is 39.3 Å². The van der Waals surface area contributed by atoms with E-state index in [1.807, 2.05) is 0 Å². The Hall–Kier alpha value is -0.610. The minimum atomic E-state index is 0.407. The second kappa shape index (κ2) is 4.94. The molecule has 4 nitrogen and oxygen atoms in total. The summed E-state index contributed by atoms with van der Waals surface area (Å²) >= 11 is 0. The molecule has 1 unspecified atom stereocenters. The first-order valence-corrected chi connectivity index (χ1v) is 7.05. The number of hydrogen-bond donors (Lipinski definition) is 1. The van der Waals surface area contributed by atoms with Gasteiger partial charge >= 0.3 is 0 Å². The van der Waals surface area contributed by atoms with Gasteiger partial charge in [0.2, 0.25) is 5.91 Å². The van der Waals surface area contributed by atoms with E-state index in [2.05, 4.69) is 15.1 Å². The molecule has 4 heteroatoms. The lowest BCUT2D eigenvalue weighted by atomic mass is 9.96. The predicted molar refractivity (Wildman–Crippen MR) is 66.8 cm³/mol. The van der Waals surface area contributed by atoms with Crippen LogP contribution in [0.25, 0.3) is 0 Å². The summed E-state index contributed by atoms with van der Waals surface area (Å²) in [5, 5.41) is 3.39. The normalized spacial score (nSPS) is 31.9. The second-order valence-corrected chi connectivity index (χ2v) is 5.73. The molecule has 1 amide bonds. The number of nitrogens with one attached hydrogen (secondary N) is 1. The van der Waals surface area contributed by atoms with Crippen molar-refractivity contribution in [1.29, 1.82) is 0 Å². The minimum absolute atomic E-state index is 0.407.